The number of carbonyl (C=O) groups excluding carboxylic acids is 1. The van der Waals surface area contributed by atoms with Crippen molar-refractivity contribution in [2.24, 2.45) is 0 Å². The first-order chi connectivity index (χ1) is 5.20. The van der Waals surface area contributed by atoms with E-state index in [-0.39, 0.29) is 18.7 Å². The zero-order valence-electron chi connectivity index (χ0n) is 6.91. The molecule has 3 heteroatoms. The van der Waals surface area contributed by atoms with E-state index in [1.165, 1.54) is 6.08 Å². The molecule has 0 aliphatic rings. The molecule has 0 saturated carbocycles. The highest BCUT2D eigenvalue weighted by molar-refractivity contribution is 5.81. The van der Waals surface area contributed by atoms with E-state index in [9.17, 15) is 4.79 Å². The molecular weight excluding hydrogens is 144 g/mol. The molecule has 1 atom stereocenters. The Morgan fingerprint density at radius 1 is 1.73 bits per heavy atom. The molecule has 0 aliphatic carbocycles. The van der Waals surface area contributed by atoms with Crippen molar-refractivity contribution in [1.82, 2.24) is 0 Å². The Morgan fingerprint density at radius 3 is 2.82 bits per heavy atom. The van der Waals surface area contributed by atoms with Gasteiger partial charge in [0.05, 0.1) is 0 Å². The molecule has 0 amide bonds. The van der Waals surface area contributed by atoms with Gasteiger partial charge in [0.1, 0.15) is 6.10 Å². The van der Waals surface area contributed by atoms with Crippen LogP contribution in [0.3, 0.4) is 0 Å². The molecule has 0 aliphatic heterocycles. The highest BCUT2D eigenvalue weighted by atomic mass is 16.5. The molecule has 1 unspecified atom stereocenters. The molecule has 0 spiro atoms. The third-order valence-electron chi connectivity index (χ3n) is 1.16. The maximum atomic E-state index is 10.7. The van der Waals surface area contributed by atoms with E-state index in [1.807, 2.05) is 0 Å². The van der Waals surface area contributed by atoms with Gasteiger partial charge in [-0.05, 0) is 13.8 Å². The van der Waals surface area contributed by atoms with Crippen molar-refractivity contribution in [3.05, 3.63) is 12.2 Å². The fraction of sp³-hybridized carbons (Fsp3) is 0.625. The SMILES string of the molecule is C/C=C/C(=O)OC(C)CCO. The summed E-state index contributed by atoms with van der Waals surface area (Å²) in [6, 6.07) is 0. The largest absolute Gasteiger partial charge is 0.459 e. The summed E-state index contributed by atoms with van der Waals surface area (Å²) in [6.45, 7) is 3.54. The number of hydrogen-bond acceptors (Lipinski definition) is 3. The van der Waals surface area contributed by atoms with Crippen LogP contribution in [0.5, 0.6) is 0 Å². The van der Waals surface area contributed by atoms with E-state index in [0.29, 0.717) is 6.42 Å². The van der Waals surface area contributed by atoms with Crippen molar-refractivity contribution >= 4 is 5.97 Å². The second-order valence-corrected chi connectivity index (χ2v) is 2.26. The van der Waals surface area contributed by atoms with Gasteiger partial charge in [-0.2, -0.15) is 0 Å². The third kappa shape index (κ3) is 5.61. The number of ether oxygens (including phenoxy) is 1. The van der Waals surface area contributed by atoms with Gasteiger partial charge in [-0.15, -0.1) is 0 Å². The molecule has 0 aromatic carbocycles. The fourth-order valence-electron chi connectivity index (χ4n) is 0.614. The molecule has 0 bridgehead atoms. The predicted molar refractivity (Wildman–Crippen MR) is 42.1 cm³/mol. The van der Waals surface area contributed by atoms with Crippen molar-refractivity contribution in [1.29, 1.82) is 0 Å². The maximum Gasteiger partial charge on any atom is 0.330 e. The Bertz CT molecular complexity index is 140. The first kappa shape index (κ1) is 10.2. The Morgan fingerprint density at radius 2 is 2.36 bits per heavy atom. The molecule has 0 rings (SSSR count). The minimum atomic E-state index is -0.353. The summed E-state index contributed by atoms with van der Waals surface area (Å²) in [5.74, 6) is -0.353. The molecule has 0 heterocycles. The van der Waals surface area contributed by atoms with E-state index < -0.39 is 0 Å². The molecule has 11 heavy (non-hydrogen) atoms. The van der Waals surface area contributed by atoms with Crippen LogP contribution in [-0.4, -0.2) is 23.8 Å². The Hall–Kier alpha value is -0.830. The summed E-state index contributed by atoms with van der Waals surface area (Å²) in [5.41, 5.74) is 0. The highest BCUT2D eigenvalue weighted by Gasteiger charge is 2.04. The lowest BCUT2D eigenvalue weighted by Crippen LogP contribution is -2.14. The van der Waals surface area contributed by atoms with Crippen LogP contribution in [-0.2, 0) is 9.53 Å². The van der Waals surface area contributed by atoms with Crippen molar-refractivity contribution in [2.45, 2.75) is 26.4 Å². The molecule has 0 aromatic heterocycles. The topological polar surface area (TPSA) is 46.5 Å². The number of aliphatic hydroxyl groups is 1. The Labute approximate surface area is 66.7 Å². The van der Waals surface area contributed by atoms with E-state index in [1.54, 1.807) is 19.9 Å². The van der Waals surface area contributed by atoms with Crippen LogP contribution in [0.4, 0.5) is 0 Å². The van der Waals surface area contributed by atoms with Crippen LogP contribution in [0.25, 0.3) is 0 Å². The number of aliphatic hydroxyl groups excluding tert-OH is 1. The lowest BCUT2D eigenvalue weighted by molar-refractivity contribution is -0.142. The Kier molecular flexibility index (Phi) is 5.47. The van der Waals surface area contributed by atoms with E-state index in [4.69, 9.17) is 9.84 Å². The predicted octanol–water partition coefficient (Wildman–Crippen LogP) is 0.877. The normalized spacial score (nSPS) is 13.4. The standard InChI is InChI=1S/C8H14O3/c1-3-4-8(10)11-7(2)5-6-9/h3-4,7,9H,5-6H2,1-2H3/b4-3+. The van der Waals surface area contributed by atoms with Gasteiger partial charge >= 0.3 is 5.97 Å². The van der Waals surface area contributed by atoms with Crippen LogP contribution < -0.4 is 0 Å². The number of esters is 1. The first-order valence-electron chi connectivity index (χ1n) is 3.65. The molecule has 0 aromatic rings. The summed E-state index contributed by atoms with van der Waals surface area (Å²) in [7, 11) is 0. The number of rotatable bonds is 4. The number of hydrogen-bond donors (Lipinski definition) is 1. The molecule has 0 fully saturated rings. The van der Waals surface area contributed by atoms with Gasteiger partial charge in [-0.3, -0.25) is 0 Å². The quantitative estimate of drug-likeness (QED) is 0.488. The van der Waals surface area contributed by atoms with E-state index in [0.717, 1.165) is 0 Å². The fourth-order valence-corrected chi connectivity index (χ4v) is 0.614. The maximum absolute atomic E-state index is 10.7. The first-order valence-corrected chi connectivity index (χ1v) is 3.65. The van der Waals surface area contributed by atoms with Crippen LogP contribution in [0.1, 0.15) is 20.3 Å². The molecular formula is C8H14O3. The van der Waals surface area contributed by atoms with E-state index in [2.05, 4.69) is 0 Å². The summed E-state index contributed by atoms with van der Waals surface area (Å²) in [4.78, 5) is 10.7. The minimum absolute atomic E-state index is 0.0459. The average Bonchev–Trinajstić information content (AvgIpc) is 1.87. The lowest BCUT2D eigenvalue weighted by atomic mass is 10.3. The van der Waals surface area contributed by atoms with Crippen molar-refractivity contribution in [3.8, 4) is 0 Å². The molecule has 1 N–H and O–H groups in total. The van der Waals surface area contributed by atoms with Crippen molar-refractivity contribution < 1.29 is 14.6 Å². The van der Waals surface area contributed by atoms with Crippen LogP contribution in [0, 0.1) is 0 Å². The monoisotopic (exact) mass is 158 g/mol. The van der Waals surface area contributed by atoms with Crippen LogP contribution in [0.2, 0.25) is 0 Å². The molecule has 0 radical (unpaired) electrons. The van der Waals surface area contributed by atoms with E-state index >= 15 is 0 Å². The summed E-state index contributed by atoms with van der Waals surface area (Å²) < 4.78 is 4.85. The van der Waals surface area contributed by atoms with Gasteiger partial charge in [0.2, 0.25) is 0 Å². The second kappa shape index (κ2) is 5.92. The average molecular weight is 158 g/mol. The summed E-state index contributed by atoms with van der Waals surface area (Å²) in [5, 5.41) is 8.47. The minimum Gasteiger partial charge on any atom is -0.459 e. The van der Waals surface area contributed by atoms with Crippen LogP contribution in [0.15, 0.2) is 12.2 Å². The Balaban J connectivity index is 3.57. The van der Waals surface area contributed by atoms with Gasteiger partial charge in [0.25, 0.3) is 0 Å². The van der Waals surface area contributed by atoms with Gasteiger partial charge in [-0.25, -0.2) is 4.79 Å². The van der Waals surface area contributed by atoms with Crippen LogP contribution >= 0.6 is 0 Å². The highest BCUT2D eigenvalue weighted by Crippen LogP contribution is 1.96. The summed E-state index contributed by atoms with van der Waals surface area (Å²) >= 11 is 0. The smallest absolute Gasteiger partial charge is 0.330 e. The van der Waals surface area contributed by atoms with Gasteiger partial charge in [0, 0.05) is 19.1 Å². The zero-order valence-corrected chi connectivity index (χ0v) is 6.91. The van der Waals surface area contributed by atoms with Gasteiger partial charge in [-0.1, -0.05) is 6.08 Å². The van der Waals surface area contributed by atoms with Gasteiger partial charge in [0.15, 0.2) is 0 Å². The molecule has 3 nitrogen and oxygen atoms in total. The van der Waals surface area contributed by atoms with Crippen molar-refractivity contribution in [2.75, 3.05) is 6.61 Å². The summed E-state index contributed by atoms with van der Waals surface area (Å²) in [6.07, 6.45) is 3.26. The number of carbonyl (C=O) groups is 1. The lowest BCUT2D eigenvalue weighted by Gasteiger charge is -2.08. The number of allylic oxidation sites excluding steroid dienone is 1. The third-order valence-corrected chi connectivity index (χ3v) is 1.16. The molecule has 0 saturated heterocycles. The zero-order chi connectivity index (χ0) is 8.69. The van der Waals surface area contributed by atoms with Crippen molar-refractivity contribution in [3.63, 3.8) is 0 Å². The second-order valence-electron chi connectivity index (χ2n) is 2.26. The van der Waals surface area contributed by atoms with Gasteiger partial charge < -0.3 is 9.84 Å². The molecule has 64 valence electrons.